The van der Waals surface area contributed by atoms with Gasteiger partial charge in [0.2, 0.25) is 0 Å². The lowest BCUT2D eigenvalue weighted by atomic mass is 9.96. The van der Waals surface area contributed by atoms with Crippen molar-refractivity contribution in [3.63, 3.8) is 0 Å². The van der Waals surface area contributed by atoms with Crippen molar-refractivity contribution in [1.29, 1.82) is 0 Å². The molecule has 2 N–H and O–H groups in total. The lowest BCUT2D eigenvalue weighted by molar-refractivity contribution is 0.278. The van der Waals surface area contributed by atoms with E-state index in [1.54, 1.807) is 12.1 Å². The van der Waals surface area contributed by atoms with E-state index in [2.05, 4.69) is 15.9 Å². The second-order valence-electron chi connectivity index (χ2n) is 5.03. The van der Waals surface area contributed by atoms with Crippen molar-refractivity contribution in [2.75, 3.05) is 13.2 Å². The monoisotopic (exact) mass is 351 g/mol. The van der Waals surface area contributed by atoms with Crippen molar-refractivity contribution in [3.8, 4) is 5.75 Å². The number of hydrogen-bond donors (Lipinski definition) is 1. The quantitative estimate of drug-likeness (QED) is 0.812. The summed E-state index contributed by atoms with van der Waals surface area (Å²) in [5, 5.41) is 0. The van der Waals surface area contributed by atoms with Gasteiger partial charge in [-0.05, 0) is 61.2 Å². The highest BCUT2D eigenvalue weighted by Crippen LogP contribution is 2.19. The third kappa shape index (κ3) is 5.48. The Hall–Kier alpha value is -1.39. The molecule has 0 bridgehead atoms. The minimum atomic E-state index is -0.200. The molecule has 1 unspecified atom stereocenters. The zero-order valence-corrected chi connectivity index (χ0v) is 13.4. The third-order valence-electron chi connectivity index (χ3n) is 3.34. The Kier molecular flexibility index (Phi) is 6.21. The minimum Gasteiger partial charge on any atom is -0.494 e. The zero-order valence-electron chi connectivity index (χ0n) is 11.8. The van der Waals surface area contributed by atoms with Crippen LogP contribution >= 0.6 is 15.9 Å². The molecule has 112 valence electrons. The molecule has 0 aliphatic rings. The van der Waals surface area contributed by atoms with Crippen LogP contribution in [0.3, 0.4) is 0 Å². The average Bonchev–Trinajstić information content (AvgIpc) is 2.46. The van der Waals surface area contributed by atoms with Gasteiger partial charge in [0.1, 0.15) is 11.6 Å². The van der Waals surface area contributed by atoms with E-state index in [1.165, 1.54) is 6.07 Å². The first-order valence-corrected chi connectivity index (χ1v) is 7.79. The fraction of sp³-hybridized carbons (Fsp3) is 0.294. The SMILES string of the molecule is NCC(CCOc1cccc(Br)c1)Cc1cccc(F)c1. The van der Waals surface area contributed by atoms with Gasteiger partial charge in [-0.3, -0.25) is 0 Å². The van der Waals surface area contributed by atoms with Gasteiger partial charge in [0.05, 0.1) is 6.61 Å². The van der Waals surface area contributed by atoms with Gasteiger partial charge in [-0.25, -0.2) is 4.39 Å². The van der Waals surface area contributed by atoms with Crippen LogP contribution in [0.5, 0.6) is 5.75 Å². The Morgan fingerprint density at radius 3 is 2.67 bits per heavy atom. The van der Waals surface area contributed by atoms with Gasteiger partial charge >= 0.3 is 0 Å². The van der Waals surface area contributed by atoms with Crippen molar-refractivity contribution in [2.24, 2.45) is 11.7 Å². The van der Waals surface area contributed by atoms with Crippen molar-refractivity contribution in [2.45, 2.75) is 12.8 Å². The molecule has 0 amide bonds. The van der Waals surface area contributed by atoms with Crippen molar-refractivity contribution in [1.82, 2.24) is 0 Å². The summed E-state index contributed by atoms with van der Waals surface area (Å²) in [6, 6.07) is 14.4. The van der Waals surface area contributed by atoms with Crippen LogP contribution in [-0.4, -0.2) is 13.2 Å². The molecule has 2 nitrogen and oxygen atoms in total. The van der Waals surface area contributed by atoms with E-state index < -0.39 is 0 Å². The fourth-order valence-corrected chi connectivity index (χ4v) is 2.58. The summed E-state index contributed by atoms with van der Waals surface area (Å²) in [5.74, 6) is 0.929. The molecule has 0 aromatic heterocycles. The van der Waals surface area contributed by atoms with Gasteiger partial charge in [-0.1, -0.05) is 34.1 Å². The Labute approximate surface area is 133 Å². The largest absolute Gasteiger partial charge is 0.494 e. The lowest BCUT2D eigenvalue weighted by Gasteiger charge is -2.15. The molecule has 21 heavy (non-hydrogen) atoms. The Morgan fingerprint density at radius 1 is 1.14 bits per heavy atom. The van der Waals surface area contributed by atoms with Gasteiger partial charge < -0.3 is 10.5 Å². The normalized spacial score (nSPS) is 12.1. The van der Waals surface area contributed by atoms with Crippen LogP contribution in [0, 0.1) is 11.7 Å². The molecule has 0 saturated heterocycles. The molecule has 0 fully saturated rings. The number of hydrogen-bond acceptors (Lipinski definition) is 2. The van der Waals surface area contributed by atoms with Crippen LogP contribution in [0.1, 0.15) is 12.0 Å². The van der Waals surface area contributed by atoms with E-state index in [-0.39, 0.29) is 5.82 Å². The first kappa shape index (κ1) is 16.0. The number of nitrogens with two attached hydrogens (primary N) is 1. The maximum atomic E-state index is 13.2. The predicted molar refractivity (Wildman–Crippen MR) is 86.9 cm³/mol. The topological polar surface area (TPSA) is 35.2 Å². The molecular formula is C17H19BrFNO. The van der Waals surface area contributed by atoms with Crippen LogP contribution in [-0.2, 0) is 6.42 Å². The van der Waals surface area contributed by atoms with E-state index in [0.29, 0.717) is 19.1 Å². The number of rotatable bonds is 7. The van der Waals surface area contributed by atoms with Crippen LogP contribution < -0.4 is 10.5 Å². The molecule has 0 spiro atoms. The molecular weight excluding hydrogens is 333 g/mol. The fourth-order valence-electron chi connectivity index (χ4n) is 2.20. The Balaban J connectivity index is 1.82. The van der Waals surface area contributed by atoms with Gasteiger partial charge in [-0.15, -0.1) is 0 Å². The standard InChI is InChI=1S/C17H19BrFNO/c18-15-4-2-6-17(11-15)21-8-7-14(12-20)9-13-3-1-5-16(19)10-13/h1-6,10-11,14H,7-9,12,20H2. The summed E-state index contributed by atoms with van der Waals surface area (Å²) in [5.41, 5.74) is 6.78. The van der Waals surface area contributed by atoms with Crippen LogP contribution in [0.4, 0.5) is 4.39 Å². The second-order valence-corrected chi connectivity index (χ2v) is 5.95. The number of ether oxygens (including phenoxy) is 1. The highest BCUT2D eigenvalue weighted by Gasteiger charge is 2.09. The van der Waals surface area contributed by atoms with Crippen molar-refractivity contribution >= 4 is 15.9 Å². The Morgan fingerprint density at radius 2 is 1.95 bits per heavy atom. The van der Waals surface area contributed by atoms with Crippen LogP contribution in [0.2, 0.25) is 0 Å². The molecule has 2 aromatic rings. The van der Waals surface area contributed by atoms with Gasteiger partial charge in [0.25, 0.3) is 0 Å². The lowest BCUT2D eigenvalue weighted by Crippen LogP contribution is -2.19. The highest BCUT2D eigenvalue weighted by atomic mass is 79.9. The highest BCUT2D eigenvalue weighted by molar-refractivity contribution is 9.10. The second kappa shape index (κ2) is 8.15. The third-order valence-corrected chi connectivity index (χ3v) is 3.83. The summed E-state index contributed by atoms with van der Waals surface area (Å²) in [6.45, 7) is 1.17. The van der Waals surface area contributed by atoms with Gasteiger partial charge in [0.15, 0.2) is 0 Å². The number of halogens is 2. The van der Waals surface area contributed by atoms with E-state index in [1.807, 2.05) is 30.3 Å². The summed E-state index contributed by atoms with van der Waals surface area (Å²) in [6.07, 6.45) is 1.62. The van der Waals surface area contributed by atoms with E-state index in [0.717, 1.165) is 28.6 Å². The molecule has 0 radical (unpaired) electrons. The maximum Gasteiger partial charge on any atom is 0.123 e. The smallest absolute Gasteiger partial charge is 0.123 e. The summed E-state index contributed by atoms with van der Waals surface area (Å²) in [4.78, 5) is 0. The molecule has 2 aromatic carbocycles. The minimum absolute atomic E-state index is 0.200. The Bertz CT molecular complexity index is 576. The van der Waals surface area contributed by atoms with Gasteiger partial charge in [0, 0.05) is 4.47 Å². The molecule has 2 rings (SSSR count). The first-order valence-electron chi connectivity index (χ1n) is 7.00. The predicted octanol–water partition coefficient (Wildman–Crippen LogP) is 4.17. The van der Waals surface area contributed by atoms with E-state index in [9.17, 15) is 4.39 Å². The molecule has 4 heteroatoms. The molecule has 1 atom stereocenters. The maximum absolute atomic E-state index is 13.2. The zero-order chi connectivity index (χ0) is 15.1. The summed E-state index contributed by atoms with van der Waals surface area (Å²) >= 11 is 3.41. The van der Waals surface area contributed by atoms with Crippen LogP contribution in [0.25, 0.3) is 0 Å². The molecule has 0 saturated carbocycles. The molecule has 0 aliphatic heterocycles. The van der Waals surface area contributed by atoms with Gasteiger partial charge in [-0.2, -0.15) is 0 Å². The summed E-state index contributed by atoms with van der Waals surface area (Å²) in [7, 11) is 0. The average molecular weight is 352 g/mol. The van der Waals surface area contributed by atoms with E-state index >= 15 is 0 Å². The van der Waals surface area contributed by atoms with Crippen LogP contribution in [0.15, 0.2) is 53.0 Å². The van der Waals surface area contributed by atoms with Crippen molar-refractivity contribution < 1.29 is 9.13 Å². The molecule has 0 aliphatic carbocycles. The first-order chi connectivity index (χ1) is 10.2. The molecule has 0 heterocycles. The van der Waals surface area contributed by atoms with Crippen molar-refractivity contribution in [3.05, 3.63) is 64.4 Å². The number of benzene rings is 2. The summed E-state index contributed by atoms with van der Waals surface area (Å²) < 4.78 is 19.9. The van der Waals surface area contributed by atoms with E-state index in [4.69, 9.17) is 10.5 Å².